The number of fused-ring (bicyclic) bond motifs is 1. The number of carboxylic acid groups (broad SMARTS) is 1. The molecule has 1 fully saturated rings. The highest BCUT2D eigenvalue weighted by atomic mass is 16.4. The number of aliphatic carboxylic acids is 1. The van der Waals surface area contributed by atoms with E-state index in [1.165, 1.54) is 6.39 Å². The van der Waals surface area contributed by atoms with E-state index in [-0.39, 0.29) is 0 Å². The first kappa shape index (κ1) is 11.7. The summed E-state index contributed by atoms with van der Waals surface area (Å²) >= 11 is 0. The molecule has 1 aliphatic carbocycles. The molecule has 0 bridgehead atoms. The highest BCUT2D eigenvalue weighted by Crippen LogP contribution is 2.42. The van der Waals surface area contributed by atoms with E-state index in [1.54, 1.807) is 18.2 Å². The average molecular weight is 260 g/mol. The summed E-state index contributed by atoms with van der Waals surface area (Å²) in [6, 6.07) is 5.02. The van der Waals surface area contributed by atoms with Crippen molar-refractivity contribution in [1.29, 1.82) is 0 Å². The number of hydrogen-bond acceptors (Lipinski definition) is 4. The Bertz CT molecular complexity index is 657. The van der Waals surface area contributed by atoms with E-state index in [9.17, 15) is 14.7 Å². The van der Waals surface area contributed by atoms with E-state index in [4.69, 9.17) is 4.42 Å². The van der Waals surface area contributed by atoms with Gasteiger partial charge in [0, 0.05) is 11.8 Å². The standard InChI is InChI=1S/C13H12N2O4/c16-11(13(12(17)18)4-1-5-13)15-8-2-3-9-10(6-8)19-7-14-9/h2-3,6-7H,1,4-5H2,(H,15,16)(H,17,18). The molecule has 1 aliphatic rings. The van der Waals surface area contributed by atoms with Gasteiger partial charge in [-0.3, -0.25) is 9.59 Å². The third-order valence-corrected chi connectivity index (χ3v) is 3.64. The van der Waals surface area contributed by atoms with Gasteiger partial charge in [0.15, 0.2) is 12.0 Å². The van der Waals surface area contributed by atoms with Crippen molar-refractivity contribution in [1.82, 2.24) is 4.98 Å². The number of carbonyl (C=O) groups is 2. The van der Waals surface area contributed by atoms with Gasteiger partial charge in [0.05, 0.1) is 0 Å². The molecular formula is C13H12N2O4. The lowest BCUT2D eigenvalue weighted by Crippen LogP contribution is -2.48. The molecule has 0 saturated heterocycles. The van der Waals surface area contributed by atoms with Crippen LogP contribution in [-0.2, 0) is 9.59 Å². The first-order chi connectivity index (χ1) is 9.12. The monoisotopic (exact) mass is 260 g/mol. The van der Waals surface area contributed by atoms with Gasteiger partial charge in [-0.15, -0.1) is 0 Å². The van der Waals surface area contributed by atoms with Crippen molar-refractivity contribution in [3.05, 3.63) is 24.6 Å². The SMILES string of the molecule is O=C(O)C1(C(=O)Nc2ccc3ncoc3c2)CCC1. The summed E-state index contributed by atoms with van der Waals surface area (Å²) in [4.78, 5) is 27.3. The summed E-state index contributed by atoms with van der Waals surface area (Å²) in [6.45, 7) is 0. The molecule has 1 aromatic carbocycles. The molecule has 1 amide bonds. The van der Waals surface area contributed by atoms with E-state index >= 15 is 0 Å². The molecule has 0 radical (unpaired) electrons. The van der Waals surface area contributed by atoms with Gasteiger partial charge >= 0.3 is 5.97 Å². The van der Waals surface area contributed by atoms with Crippen LogP contribution in [0.3, 0.4) is 0 Å². The van der Waals surface area contributed by atoms with Crippen LogP contribution < -0.4 is 5.32 Å². The molecule has 1 saturated carbocycles. The molecular weight excluding hydrogens is 248 g/mol. The number of benzene rings is 1. The summed E-state index contributed by atoms with van der Waals surface area (Å²) in [5.74, 6) is -1.53. The Morgan fingerprint density at radius 3 is 2.79 bits per heavy atom. The maximum Gasteiger partial charge on any atom is 0.319 e. The van der Waals surface area contributed by atoms with Crippen molar-refractivity contribution >= 4 is 28.7 Å². The summed E-state index contributed by atoms with van der Waals surface area (Å²) in [5, 5.41) is 11.8. The lowest BCUT2D eigenvalue weighted by Gasteiger charge is -2.35. The largest absolute Gasteiger partial charge is 0.480 e. The number of oxazole rings is 1. The molecule has 1 aromatic heterocycles. The van der Waals surface area contributed by atoms with Crippen LogP contribution in [-0.4, -0.2) is 22.0 Å². The predicted molar refractivity (Wildman–Crippen MR) is 66.6 cm³/mol. The van der Waals surface area contributed by atoms with Crippen molar-refractivity contribution in [2.75, 3.05) is 5.32 Å². The van der Waals surface area contributed by atoms with E-state index in [0.717, 1.165) is 6.42 Å². The molecule has 6 nitrogen and oxygen atoms in total. The third kappa shape index (κ3) is 1.76. The second kappa shape index (κ2) is 4.08. The number of carboxylic acids is 1. The quantitative estimate of drug-likeness (QED) is 0.823. The van der Waals surface area contributed by atoms with E-state index in [0.29, 0.717) is 29.6 Å². The molecule has 19 heavy (non-hydrogen) atoms. The number of rotatable bonds is 3. The van der Waals surface area contributed by atoms with Crippen LogP contribution >= 0.6 is 0 Å². The minimum absolute atomic E-state index is 0.388. The zero-order valence-electron chi connectivity index (χ0n) is 10.0. The molecule has 3 rings (SSSR count). The van der Waals surface area contributed by atoms with Crippen molar-refractivity contribution in [3.63, 3.8) is 0 Å². The molecule has 0 aliphatic heterocycles. The van der Waals surface area contributed by atoms with Crippen LogP contribution in [0.25, 0.3) is 11.1 Å². The summed E-state index contributed by atoms with van der Waals surface area (Å²) < 4.78 is 5.13. The molecule has 98 valence electrons. The van der Waals surface area contributed by atoms with E-state index in [2.05, 4.69) is 10.3 Å². The van der Waals surface area contributed by atoms with Crippen LogP contribution in [0, 0.1) is 5.41 Å². The van der Waals surface area contributed by atoms with Crippen molar-refractivity contribution in [2.45, 2.75) is 19.3 Å². The highest BCUT2D eigenvalue weighted by Gasteiger charge is 2.51. The lowest BCUT2D eigenvalue weighted by molar-refractivity contribution is -0.159. The van der Waals surface area contributed by atoms with Crippen LogP contribution in [0.5, 0.6) is 0 Å². The second-order valence-electron chi connectivity index (χ2n) is 4.73. The van der Waals surface area contributed by atoms with Crippen LogP contribution in [0.4, 0.5) is 5.69 Å². The minimum Gasteiger partial charge on any atom is -0.480 e. The lowest BCUT2D eigenvalue weighted by atomic mass is 9.68. The Kier molecular flexibility index (Phi) is 2.51. The third-order valence-electron chi connectivity index (χ3n) is 3.64. The van der Waals surface area contributed by atoms with Crippen LogP contribution in [0.1, 0.15) is 19.3 Å². The molecule has 2 N–H and O–H groups in total. The van der Waals surface area contributed by atoms with Crippen molar-refractivity contribution in [3.8, 4) is 0 Å². The van der Waals surface area contributed by atoms with Gasteiger partial charge < -0.3 is 14.8 Å². The number of amides is 1. The number of hydrogen-bond donors (Lipinski definition) is 2. The zero-order chi connectivity index (χ0) is 13.5. The number of carbonyl (C=O) groups excluding carboxylic acids is 1. The number of anilines is 1. The smallest absolute Gasteiger partial charge is 0.319 e. The van der Waals surface area contributed by atoms with Gasteiger partial charge in [-0.05, 0) is 25.0 Å². The molecule has 2 aromatic rings. The molecule has 6 heteroatoms. The molecule has 0 atom stereocenters. The van der Waals surface area contributed by atoms with Gasteiger partial charge in [0.2, 0.25) is 5.91 Å². The number of nitrogens with zero attached hydrogens (tertiary/aromatic N) is 1. The first-order valence-corrected chi connectivity index (χ1v) is 6.00. The van der Waals surface area contributed by atoms with Crippen LogP contribution in [0.15, 0.2) is 29.0 Å². The van der Waals surface area contributed by atoms with Gasteiger partial charge in [-0.1, -0.05) is 6.42 Å². The fourth-order valence-electron chi connectivity index (χ4n) is 2.25. The Labute approximate surface area is 108 Å². The van der Waals surface area contributed by atoms with Crippen LogP contribution in [0.2, 0.25) is 0 Å². The minimum atomic E-state index is -1.27. The average Bonchev–Trinajstić information content (AvgIpc) is 2.73. The van der Waals surface area contributed by atoms with Gasteiger partial charge in [-0.2, -0.15) is 0 Å². The summed E-state index contributed by atoms with van der Waals surface area (Å²) in [6.07, 6.45) is 2.86. The maximum absolute atomic E-state index is 12.1. The maximum atomic E-state index is 12.1. The summed E-state index contributed by atoms with van der Waals surface area (Å²) in [5.41, 5.74) is 0.489. The first-order valence-electron chi connectivity index (χ1n) is 6.00. The molecule has 0 spiro atoms. The number of aromatic nitrogens is 1. The van der Waals surface area contributed by atoms with E-state index < -0.39 is 17.3 Å². The summed E-state index contributed by atoms with van der Waals surface area (Å²) in [7, 11) is 0. The van der Waals surface area contributed by atoms with Gasteiger partial charge in [-0.25, -0.2) is 4.98 Å². The topological polar surface area (TPSA) is 92.4 Å². The van der Waals surface area contributed by atoms with E-state index in [1.807, 2.05) is 0 Å². The van der Waals surface area contributed by atoms with Gasteiger partial charge in [0.1, 0.15) is 10.9 Å². The fraction of sp³-hybridized carbons (Fsp3) is 0.308. The normalized spacial score (nSPS) is 16.8. The number of nitrogens with one attached hydrogen (secondary N) is 1. The Morgan fingerprint density at radius 1 is 1.37 bits per heavy atom. The Hall–Kier alpha value is -2.37. The Balaban J connectivity index is 1.84. The second-order valence-corrected chi connectivity index (χ2v) is 4.73. The fourth-order valence-corrected chi connectivity index (χ4v) is 2.25. The predicted octanol–water partition coefficient (Wildman–Crippen LogP) is 2.02. The van der Waals surface area contributed by atoms with Crippen molar-refractivity contribution < 1.29 is 19.1 Å². The Morgan fingerprint density at radius 2 is 2.16 bits per heavy atom. The van der Waals surface area contributed by atoms with Gasteiger partial charge in [0.25, 0.3) is 0 Å². The zero-order valence-corrected chi connectivity index (χ0v) is 10.0. The molecule has 1 heterocycles. The highest BCUT2D eigenvalue weighted by molar-refractivity contribution is 6.09. The van der Waals surface area contributed by atoms with Crippen molar-refractivity contribution in [2.24, 2.45) is 5.41 Å². The molecule has 0 unspecified atom stereocenters.